The van der Waals surface area contributed by atoms with E-state index in [4.69, 9.17) is 22.3 Å². The zero-order valence-corrected chi connectivity index (χ0v) is 4.55. The van der Waals surface area contributed by atoms with Crippen molar-refractivity contribution in [2.45, 2.75) is 0 Å². The molecule has 0 bridgehead atoms. The Morgan fingerprint density at radius 2 is 1.12 bits per heavy atom. The van der Waals surface area contributed by atoms with Gasteiger partial charge in [-0.1, -0.05) is 0 Å². The van der Waals surface area contributed by atoms with Crippen molar-refractivity contribution >= 4 is 17.2 Å². The SMILES string of the molecule is C=O.O.O=S(=O)(O)O. The van der Waals surface area contributed by atoms with Crippen LogP contribution < -0.4 is 0 Å². The van der Waals surface area contributed by atoms with Gasteiger partial charge in [-0.2, -0.15) is 8.42 Å². The quantitative estimate of drug-likeness (QED) is 0.396. The average molecular weight is 146 g/mol. The van der Waals surface area contributed by atoms with Gasteiger partial charge in [0.15, 0.2) is 0 Å². The van der Waals surface area contributed by atoms with E-state index in [0.29, 0.717) is 0 Å². The van der Waals surface area contributed by atoms with Crippen molar-refractivity contribution in [2.75, 3.05) is 0 Å². The number of carbonyl (C=O) groups excluding carboxylic acids is 1. The van der Waals surface area contributed by atoms with Crippen LogP contribution in [-0.4, -0.2) is 29.8 Å². The van der Waals surface area contributed by atoms with Gasteiger partial charge in [0.1, 0.15) is 6.79 Å². The Morgan fingerprint density at radius 1 is 1.12 bits per heavy atom. The van der Waals surface area contributed by atoms with Crippen molar-refractivity contribution in [1.82, 2.24) is 0 Å². The van der Waals surface area contributed by atoms with Gasteiger partial charge in [0.25, 0.3) is 0 Å². The first-order valence-electron chi connectivity index (χ1n) is 0.987. The van der Waals surface area contributed by atoms with Crippen LogP contribution in [0.25, 0.3) is 0 Å². The molecule has 6 nitrogen and oxygen atoms in total. The predicted octanol–water partition coefficient (Wildman–Crippen LogP) is -1.66. The Bertz CT molecular complexity index is 102. The molecule has 0 atom stereocenters. The zero-order valence-electron chi connectivity index (χ0n) is 3.73. The van der Waals surface area contributed by atoms with Crippen molar-refractivity contribution < 1.29 is 27.8 Å². The minimum absolute atomic E-state index is 0. The fourth-order valence-electron chi connectivity index (χ4n) is 0. The normalized spacial score (nSPS) is 7.75. The first-order valence-corrected chi connectivity index (χ1v) is 2.38. The minimum atomic E-state index is -4.67. The predicted molar refractivity (Wildman–Crippen MR) is 24.9 cm³/mol. The summed E-state index contributed by atoms with van der Waals surface area (Å²) in [7, 11) is -4.67. The molecule has 4 N–H and O–H groups in total. The van der Waals surface area contributed by atoms with Gasteiger partial charge in [-0.15, -0.1) is 0 Å². The Labute approximate surface area is 46.0 Å². The summed E-state index contributed by atoms with van der Waals surface area (Å²) >= 11 is 0. The summed E-state index contributed by atoms with van der Waals surface area (Å²) in [4.78, 5) is 8.00. The average Bonchev–Trinajstić information content (AvgIpc) is 1.36. The second-order valence-electron chi connectivity index (χ2n) is 0.448. The topological polar surface area (TPSA) is 123 Å². The molecule has 0 aliphatic carbocycles. The smallest absolute Gasteiger partial charge is 0.394 e. The van der Waals surface area contributed by atoms with Crippen LogP contribution in [0.1, 0.15) is 0 Å². The van der Waals surface area contributed by atoms with Crippen LogP contribution in [0.15, 0.2) is 0 Å². The molecule has 0 amide bonds. The van der Waals surface area contributed by atoms with Gasteiger partial charge in [0.2, 0.25) is 0 Å². The van der Waals surface area contributed by atoms with E-state index in [2.05, 4.69) is 0 Å². The third kappa shape index (κ3) is 445. The van der Waals surface area contributed by atoms with E-state index >= 15 is 0 Å². The molecule has 0 fully saturated rings. The highest BCUT2D eigenvalue weighted by Gasteiger charge is 1.84. The molecule has 0 spiro atoms. The van der Waals surface area contributed by atoms with Gasteiger partial charge in [0.05, 0.1) is 0 Å². The van der Waals surface area contributed by atoms with Gasteiger partial charge >= 0.3 is 10.4 Å². The molecular formula is CH6O6S. The second-order valence-corrected chi connectivity index (χ2v) is 1.34. The molecule has 0 unspecified atom stereocenters. The van der Waals surface area contributed by atoms with E-state index < -0.39 is 10.4 Å². The lowest BCUT2D eigenvalue weighted by Crippen LogP contribution is -1.89. The number of carbonyl (C=O) groups is 1. The molecule has 0 heterocycles. The molecule has 0 aliphatic heterocycles. The monoisotopic (exact) mass is 146 g/mol. The largest absolute Gasteiger partial charge is 0.412 e. The highest BCUT2D eigenvalue weighted by molar-refractivity contribution is 7.79. The molecule has 0 rings (SSSR count). The van der Waals surface area contributed by atoms with E-state index in [1.54, 1.807) is 0 Å². The third-order valence-electron chi connectivity index (χ3n) is 0. The fourth-order valence-corrected chi connectivity index (χ4v) is 0. The lowest BCUT2D eigenvalue weighted by Gasteiger charge is -1.68. The van der Waals surface area contributed by atoms with Crippen LogP contribution in [0.4, 0.5) is 0 Å². The van der Waals surface area contributed by atoms with E-state index in [0.717, 1.165) is 0 Å². The lowest BCUT2D eigenvalue weighted by molar-refractivity contribution is -0.0979. The Balaban J connectivity index is -0.0000000750. The van der Waals surface area contributed by atoms with Gasteiger partial charge in [-0.25, -0.2) is 0 Å². The first kappa shape index (κ1) is 15.6. The van der Waals surface area contributed by atoms with Crippen molar-refractivity contribution in [2.24, 2.45) is 0 Å². The van der Waals surface area contributed by atoms with Crippen LogP contribution in [0.5, 0.6) is 0 Å². The van der Waals surface area contributed by atoms with E-state index in [1.165, 1.54) is 0 Å². The van der Waals surface area contributed by atoms with E-state index in [9.17, 15) is 0 Å². The molecular weight excluding hydrogens is 140 g/mol. The van der Waals surface area contributed by atoms with Gasteiger partial charge < -0.3 is 10.3 Å². The molecule has 0 aromatic heterocycles. The van der Waals surface area contributed by atoms with Crippen LogP contribution >= 0.6 is 0 Å². The highest BCUT2D eigenvalue weighted by atomic mass is 32.3. The summed E-state index contributed by atoms with van der Waals surface area (Å²) in [5.41, 5.74) is 0. The maximum Gasteiger partial charge on any atom is 0.394 e. The van der Waals surface area contributed by atoms with Crippen LogP contribution in [-0.2, 0) is 15.2 Å². The van der Waals surface area contributed by atoms with Gasteiger partial charge in [-0.05, 0) is 0 Å². The number of rotatable bonds is 0. The van der Waals surface area contributed by atoms with E-state index in [1.807, 2.05) is 6.79 Å². The standard InChI is InChI=1S/CH2O.H2O4S.H2O/c1-2;1-5(2,3)4;/h1H2;(H2,1,2,3,4);1H2. The molecule has 0 aromatic rings. The van der Waals surface area contributed by atoms with Gasteiger partial charge in [-0.3, -0.25) is 9.11 Å². The van der Waals surface area contributed by atoms with Crippen LogP contribution in [0.3, 0.4) is 0 Å². The zero-order chi connectivity index (χ0) is 6.50. The Kier molecular flexibility index (Phi) is 12.7. The van der Waals surface area contributed by atoms with Crippen molar-refractivity contribution in [3.63, 3.8) is 0 Å². The Morgan fingerprint density at radius 3 is 1.12 bits per heavy atom. The molecule has 52 valence electrons. The van der Waals surface area contributed by atoms with Crippen LogP contribution in [0.2, 0.25) is 0 Å². The summed E-state index contributed by atoms with van der Waals surface area (Å²) in [6.07, 6.45) is 0. The summed E-state index contributed by atoms with van der Waals surface area (Å²) in [5.74, 6) is 0. The molecule has 0 saturated carbocycles. The van der Waals surface area contributed by atoms with Crippen molar-refractivity contribution in [3.05, 3.63) is 0 Å². The molecule has 0 aliphatic rings. The number of hydrogen-bond acceptors (Lipinski definition) is 3. The minimum Gasteiger partial charge on any atom is -0.412 e. The molecule has 7 heteroatoms. The van der Waals surface area contributed by atoms with Crippen molar-refractivity contribution in [3.8, 4) is 0 Å². The third-order valence-corrected chi connectivity index (χ3v) is 0. The molecule has 0 saturated heterocycles. The Hall–Kier alpha value is -0.500. The fraction of sp³-hybridized carbons (Fsp3) is 0. The maximum atomic E-state index is 8.74. The first-order chi connectivity index (χ1) is 3.00. The highest BCUT2D eigenvalue weighted by Crippen LogP contribution is 1.59. The summed E-state index contributed by atoms with van der Waals surface area (Å²) in [6.45, 7) is 2.00. The summed E-state index contributed by atoms with van der Waals surface area (Å²) in [6, 6.07) is 0. The van der Waals surface area contributed by atoms with Gasteiger partial charge in [0, 0.05) is 0 Å². The van der Waals surface area contributed by atoms with Crippen molar-refractivity contribution in [1.29, 1.82) is 0 Å². The van der Waals surface area contributed by atoms with E-state index in [-0.39, 0.29) is 5.48 Å². The molecule has 8 heavy (non-hydrogen) atoms. The summed E-state index contributed by atoms with van der Waals surface area (Å²) in [5, 5.41) is 0. The molecule has 0 aromatic carbocycles. The second kappa shape index (κ2) is 6.50. The summed E-state index contributed by atoms with van der Waals surface area (Å²) < 4.78 is 31.6. The van der Waals surface area contributed by atoms with Crippen LogP contribution in [0, 0.1) is 0 Å². The number of hydrogen-bond donors (Lipinski definition) is 2. The molecule has 0 radical (unpaired) electrons. The lowest BCUT2D eigenvalue weighted by atomic mass is 11.9. The maximum absolute atomic E-state index is 8.74.